The van der Waals surface area contributed by atoms with Gasteiger partial charge in [-0.15, -0.1) is 0 Å². The fourth-order valence-corrected chi connectivity index (χ4v) is 1.26. The van der Waals surface area contributed by atoms with E-state index in [-0.39, 0.29) is 6.61 Å². The molecule has 0 amide bonds. The first kappa shape index (κ1) is 10.6. The van der Waals surface area contributed by atoms with Gasteiger partial charge in [0.2, 0.25) is 0 Å². The molecule has 0 saturated carbocycles. The van der Waals surface area contributed by atoms with Crippen molar-refractivity contribution in [3.8, 4) is 11.8 Å². The van der Waals surface area contributed by atoms with Crippen LogP contribution in [0.25, 0.3) is 0 Å². The first-order valence-electron chi connectivity index (χ1n) is 4.87. The second-order valence-electron chi connectivity index (χ2n) is 3.33. The summed E-state index contributed by atoms with van der Waals surface area (Å²) in [5, 5.41) is 8.38. The molecule has 0 saturated heterocycles. The minimum absolute atomic E-state index is 0.115. The highest BCUT2D eigenvalue weighted by atomic mass is 16.5. The van der Waals surface area contributed by atoms with Crippen molar-refractivity contribution in [3.63, 3.8) is 0 Å². The van der Waals surface area contributed by atoms with Gasteiger partial charge in [0, 0.05) is 0 Å². The van der Waals surface area contributed by atoms with Crippen LogP contribution in [0.15, 0.2) is 24.3 Å². The Hall–Kier alpha value is -1.49. The van der Waals surface area contributed by atoms with Gasteiger partial charge in [-0.25, -0.2) is 0 Å². The first-order valence-corrected chi connectivity index (χ1v) is 4.87. The van der Waals surface area contributed by atoms with Crippen LogP contribution in [-0.4, -0.2) is 6.61 Å². The van der Waals surface area contributed by atoms with Gasteiger partial charge in [0.1, 0.15) is 11.8 Å². The van der Waals surface area contributed by atoms with Gasteiger partial charge >= 0.3 is 0 Å². The summed E-state index contributed by atoms with van der Waals surface area (Å²) in [5.41, 5.74) is 1.27. The summed E-state index contributed by atoms with van der Waals surface area (Å²) in [7, 11) is 0. The lowest BCUT2D eigenvalue weighted by molar-refractivity contribution is 0.367. The summed E-state index contributed by atoms with van der Waals surface area (Å²) in [5.74, 6) is 1.32. The van der Waals surface area contributed by atoms with Crippen LogP contribution in [0, 0.1) is 11.3 Å². The lowest BCUT2D eigenvalue weighted by Crippen LogP contribution is -1.96. The van der Waals surface area contributed by atoms with Crippen LogP contribution in [0.2, 0.25) is 0 Å². The number of hydrogen-bond donors (Lipinski definition) is 0. The monoisotopic (exact) mass is 189 g/mol. The van der Waals surface area contributed by atoms with E-state index in [0.29, 0.717) is 5.92 Å². The fourth-order valence-electron chi connectivity index (χ4n) is 1.26. The Morgan fingerprint density at radius 3 is 2.93 bits per heavy atom. The number of nitriles is 1. The molecule has 0 aliphatic heterocycles. The predicted molar refractivity (Wildman–Crippen MR) is 56.3 cm³/mol. The molecule has 0 fully saturated rings. The molecule has 74 valence electrons. The summed E-state index contributed by atoms with van der Waals surface area (Å²) in [4.78, 5) is 0. The van der Waals surface area contributed by atoms with Crippen molar-refractivity contribution in [2.45, 2.75) is 26.2 Å². The number of rotatable bonds is 4. The third-order valence-corrected chi connectivity index (χ3v) is 2.34. The van der Waals surface area contributed by atoms with E-state index in [1.165, 1.54) is 5.56 Å². The molecule has 0 aliphatic carbocycles. The Bertz CT molecular complexity index is 327. The van der Waals surface area contributed by atoms with E-state index in [2.05, 4.69) is 19.9 Å². The minimum Gasteiger partial charge on any atom is -0.479 e. The lowest BCUT2D eigenvalue weighted by Gasteiger charge is -2.10. The third kappa shape index (κ3) is 2.77. The second-order valence-corrected chi connectivity index (χ2v) is 3.33. The van der Waals surface area contributed by atoms with Crippen LogP contribution in [0.3, 0.4) is 0 Å². The van der Waals surface area contributed by atoms with Crippen molar-refractivity contribution in [2.24, 2.45) is 0 Å². The molecule has 0 heterocycles. The number of nitrogens with zero attached hydrogens (tertiary/aromatic N) is 1. The molecule has 1 aromatic carbocycles. The van der Waals surface area contributed by atoms with Crippen molar-refractivity contribution >= 4 is 0 Å². The fraction of sp³-hybridized carbons (Fsp3) is 0.417. The molecule has 0 spiro atoms. The van der Waals surface area contributed by atoms with E-state index in [1.54, 1.807) is 0 Å². The topological polar surface area (TPSA) is 33.0 Å². The van der Waals surface area contributed by atoms with Crippen molar-refractivity contribution in [3.05, 3.63) is 29.8 Å². The van der Waals surface area contributed by atoms with Crippen LogP contribution in [0.4, 0.5) is 0 Å². The Morgan fingerprint density at radius 1 is 1.50 bits per heavy atom. The molecule has 0 aromatic heterocycles. The van der Waals surface area contributed by atoms with Crippen LogP contribution in [0.1, 0.15) is 31.7 Å². The summed E-state index contributed by atoms with van der Waals surface area (Å²) >= 11 is 0. The van der Waals surface area contributed by atoms with Crippen molar-refractivity contribution in [1.29, 1.82) is 5.26 Å². The lowest BCUT2D eigenvalue weighted by atomic mass is 9.99. The maximum absolute atomic E-state index is 8.38. The molecule has 2 nitrogen and oxygen atoms in total. The molecule has 1 rings (SSSR count). The van der Waals surface area contributed by atoms with Gasteiger partial charge < -0.3 is 4.74 Å². The zero-order chi connectivity index (χ0) is 10.4. The molecular weight excluding hydrogens is 174 g/mol. The van der Waals surface area contributed by atoms with E-state index in [0.717, 1.165) is 12.2 Å². The first-order chi connectivity index (χ1) is 6.77. The molecule has 2 heteroatoms. The van der Waals surface area contributed by atoms with Crippen molar-refractivity contribution in [1.82, 2.24) is 0 Å². The Labute approximate surface area is 85.1 Å². The zero-order valence-electron chi connectivity index (χ0n) is 8.66. The Balaban J connectivity index is 2.74. The van der Waals surface area contributed by atoms with Gasteiger partial charge in [-0.1, -0.05) is 26.0 Å². The number of ether oxygens (including phenoxy) is 1. The molecule has 0 N–H and O–H groups in total. The molecule has 1 unspecified atom stereocenters. The molecule has 0 radical (unpaired) electrons. The second kappa shape index (κ2) is 5.29. The van der Waals surface area contributed by atoms with Gasteiger partial charge in [0.15, 0.2) is 6.61 Å². The van der Waals surface area contributed by atoms with Gasteiger partial charge in [-0.2, -0.15) is 5.26 Å². The van der Waals surface area contributed by atoms with Crippen LogP contribution in [-0.2, 0) is 0 Å². The van der Waals surface area contributed by atoms with E-state index >= 15 is 0 Å². The largest absolute Gasteiger partial charge is 0.479 e. The van der Waals surface area contributed by atoms with E-state index in [1.807, 2.05) is 24.3 Å². The SMILES string of the molecule is CCC(C)c1cccc(OCC#N)c1. The predicted octanol–water partition coefficient (Wildman–Crippen LogP) is 3.10. The minimum atomic E-state index is 0.115. The van der Waals surface area contributed by atoms with Crippen molar-refractivity contribution in [2.75, 3.05) is 6.61 Å². The van der Waals surface area contributed by atoms with Gasteiger partial charge in [0.05, 0.1) is 0 Å². The molecule has 1 atom stereocenters. The van der Waals surface area contributed by atoms with Crippen LogP contribution >= 0.6 is 0 Å². The Morgan fingerprint density at radius 2 is 2.29 bits per heavy atom. The molecule has 14 heavy (non-hydrogen) atoms. The highest BCUT2D eigenvalue weighted by Gasteiger charge is 2.03. The summed E-state index contributed by atoms with van der Waals surface area (Å²) in [6, 6.07) is 9.90. The quantitative estimate of drug-likeness (QED) is 0.729. The molecule has 0 aliphatic rings. The highest BCUT2D eigenvalue weighted by molar-refractivity contribution is 5.30. The molecular formula is C12H15NO. The van der Waals surface area contributed by atoms with E-state index in [9.17, 15) is 0 Å². The number of hydrogen-bond acceptors (Lipinski definition) is 2. The summed E-state index contributed by atoms with van der Waals surface area (Å²) < 4.78 is 5.23. The standard InChI is InChI=1S/C12H15NO/c1-3-10(2)11-5-4-6-12(9-11)14-8-7-13/h4-6,9-10H,3,8H2,1-2H3. The average molecular weight is 189 g/mol. The van der Waals surface area contributed by atoms with E-state index < -0.39 is 0 Å². The van der Waals surface area contributed by atoms with Crippen LogP contribution in [0.5, 0.6) is 5.75 Å². The third-order valence-electron chi connectivity index (χ3n) is 2.34. The maximum Gasteiger partial charge on any atom is 0.174 e. The maximum atomic E-state index is 8.38. The van der Waals surface area contributed by atoms with Gasteiger partial charge in [-0.05, 0) is 30.0 Å². The van der Waals surface area contributed by atoms with Gasteiger partial charge in [-0.3, -0.25) is 0 Å². The van der Waals surface area contributed by atoms with E-state index in [4.69, 9.17) is 10.00 Å². The molecule has 0 bridgehead atoms. The normalized spacial score (nSPS) is 11.8. The average Bonchev–Trinajstić information content (AvgIpc) is 2.25. The smallest absolute Gasteiger partial charge is 0.174 e. The zero-order valence-corrected chi connectivity index (χ0v) is 8.66. The summed E-state index contributed by atoms with van der Waals surface area (Å²) in [6.45, 7) is 4.46. The highest BCUT2D eigenvalue weighted by Crippen LogP contribution is 2.22. The Kier molecular flexibility index (Phi) is 4.00. The molecule has 1 aromatic rings. The van der Waals surface area contributed by atoms with Crippen molar-refractivity contribution < 1.29 is 4.74 Å². The summed E-state index contributed by atoms with van der Waals surface area (Å²) in [6.07, 6.45) is 1.11. The number of benzene rings is 1. The van der Waals surface area contributed by atoms with Crippen LogP contribution < -0.4 is 4.74 Å². The van der Waals surface area contributed by atoms with Gasteiger partial charge in [0.25, 0.3) is 0 Å².